The molecule has 4 nitrogen and oxygen atoms in total. The highest BCUT2D eigenvalue weighted by Crippen LogP contribution is 2.30. The maximum absolute atomic E-state index is 12.2. The van der Waals surface area contributed by atoms with Crippen LogP contribution < -0.4 is 5.76 Å². The molecular formula is C13H14F3NO3. The van der Waals surface area contributed by atoms with Gasteiger partial charge in [-0.2, -0.15) is 13.2 Å². The van der Waals surface area contributed by atoms with Gasteiger partial charge in [-0.05, 0) is 24.1 Å². The zero-order valence-corrected chi connectivity index (χ0v) is 10.8. The Morgan fingerprint density at radius 1 is 1.40 bits per heavy atom. The largest absolute Gasteiger partial charge is 0.419 e. The fourth-order valence-corrected chi connectivity index (χ4v) is 2.06. The number of fused-ring (bicyclic) bond motifs is 1. The lowest BCUT2D eigenvalue weighted by Gasteiger charge is -2.13. The molecule has 0 radical (unpaired) electrons. The summed E-state index contributed by atoms with van der Waals surface area (Å²) < 4.78 is 43.1. The van der Waals surface area contributed by atoms with Crippen LogP contribution in [0, 0.1) is 0 Å². The first-order valence-electron chi connectivity index (χ1n) is 6.20. The molecule has 0 aliphatic heterocycles. The lowest BCUT2D eigenvalue weighted by molar-refractivity contribution is -0.154. The second-order valence-electron chi connectivity index (χ2n) is 4.58. The van der Waals surface area contributed by atoms with E-state index in [-0.39, 0.29) is 11.1 Å². The van der Waals surface area contributed by atoms with Gasteiger partial charge in [-0.3, -0.25) is 4.57 Å². The van der Waals surface area contributed by atoms with Gasteiger partial charge in [0.05, 0.1) is 18.0 Å². The van der Waals surface area contributed by atoms with E-state index in [0.29, 0.717) is 12.1 Å². The Morgan fingerprint density at radius 2 is 2.10 bits per heavy atom. The summed E-state index contributed by atoms with van der Waals surface area (Å²) in [6.45, 7) is 2.36. The minimum absolute atomic E-state index is 0.0761. The summed E-state index contributed by atoms with van der Waals surface area (Å²) in [5.74, 6) is -0.552. The third-order valence-corrected chi connectivity index (χ3v) is 2.95. The SMILES string of the molecule is CCCn1c(=O)oc2cc(C(O)CC(F)(F)F)ccc21. The minimum atomic E-state index is -4.46. The van der Waals surface area contributed by atoms with E-state index in [9.17, 15) is 23.1 Å². The molecule has 0 saturated carbocycles. The molecule has 1 aromatic carbocycles. The molecule has 2 aromatic rings. The van der Waals surface area contributed by atoms with Gasteiger partial charge in [-0.15, -0.1) is 0 Å². The maximum atomic E-state index is 12.2. The topological polar surface area (TPSA) is 55.4 Å². The van der Waals surface area contributed by atoms with Crippen LogP contribution in [0.5, 0.6) is 0 Å². The molecule has 1 aromatic heterocycles. The predicted octanol–water partition coefficient (Wildman–Crippen LogP) is 2.99. The van der Waals surface area contributed by atoms with Gasteiger partial charge in [0.2, 0.25) is 0 Å². The molecule has 7 heteroatoms. The van der Waals surface area contributed by atoms with Crippen LogP contribution in [-0.4, -0.2) is 15.8 Å². The summed E-state index contributed by atoms with van der Waals surface area (Å²) in [7, 11) is 0. The first-order valence-corrected chi connectivity index (χ1v) is 6.20. The van der Waals surface area contributed by atoms with E-state index in [2.05, 4.69) is 0 Å². The molecule has 0 saturated heterocycles. The van der Waals surface area contributed by atoms with Crippen molar-refractivity contribution in [3.8, 4) is 0 Å². The number of rotatable bonds is 4. The first-order chi connectivity index (χ1) is 9.31. The Morgan fingerprint density at radius 3 is 2.70 bits per heavy atom. The van der Waals surface area contributed by atoms with Crippen molar-refractivity contribution in [3.05, 3.63) is 34.3 Å². The standard InChI is InChI=1S/C13H14F3NO3/c1-2-5-17-9-4-3-8(6-11(9)20-12(17)19)10(18)7-13(14,15)16/h3-4,6,10,18H,2,5,7H2,1H3. The van der Waals surface area contributed by atoms with E-state index in [0.717, 1.165) is 6.42 Å². The van der Waals surface area contributed by atoms with Crippen molar-refractivity contribution in [3.63, 3.8) is 0 Å². The molecule has 2 rings (SSSR count). The third-order valence-electron chi connectivity index (χ3n) is 2.95. The molecule has 0 bridgehead atoms. The summed E-state index contributed by atoms with van der Waals surface area (Å²) in [6.07, 6.45) is -6.73. The number of benzene rings is 1. The van der Waals surface area contributed by atoms with E-state index in [1.54, 1.807) is 0 Å². The Balaban J connectivity index is 2.37. The van der Waals surface area contributed by atoms with E-state index in [1.165, 1.54) is 22.8 Å². The monoisotopic (exact) mass is 289 g/mol. The first kappa shape index (κ1) is 14.6. The van der Waals surface area contributed by atoms with Crippen molar-refractivity contribution < 1.29 is 22.7 Å². The van der Waals surface area contributed by atoms with Crippen molar-refractivity contribution in [2.45, 2.75) is 38.6 Å². The van der Waals surface area contributed by atoms with Gasteiger partial charge in [0.25, 0.3) is 0 Å². The number of alkyl halides is 3. The molecular weight excluding hydrogens is 275 g/mol. The smallest absolute Gasteiger partial charge is 0.408 e. The highest BCUT2D eigenvalue weighted by Gasteiger charge is 2.32. The zero-order chi connectivity index (χ0) is 14.9. The van der Waals surface area contributed by atoms with Crippen molar-refractivity contribution in [2.75, 3.05) is 0 Å². The average molecular weight is 289 g/mol. The van der Waals surface area contributed by atoms with E-state index >= 15 is 0 Å². The lowest BCUT2D eigenvalue weighted by atomic mass is 10.1. The van der Waals surface area contributed by atoms with Crippen LogP contribution in [0.3, 0.4) is 0 Å². The third kappa shape index (κ3) is 3.04. The molecule has 0 aliphatic carbocycles. The Hall–Kier alpha value is -1.76. The number of hydrogen-bond acceptors (Lipinski definition) is 3. The molecule has 1 heterocycles. The number of aromatic nitrogens is 1. The maximum Gasteiger partial charge on any atom is 0.419 e. The van der Waals surface area contributed by atoms with E-state index in [4.69, 9.17) is 4.42 Å². The number of hydrogen-bond donors (Lipinski definition) is 1. The number of aryl methyl sites for hydroxylation is 1. The Bertz CT molecular complexity index is 657. The predicted molar refractivity (Wildman–Crippen MR) is 66.4 cm³/mol. The average Bonchev–Trinajstić information content (AvgIpc) is 2.63. The van der Waals surface area contributed by atoms with Crippen molar-refractivity contribution in [2.24, 2.45) is 0 Å². The second kappa shape index (κ2) is 5.32. The quantitative estimate of drug-likeness (QED) is 0.941. The molecule has 0 aliphatic rings. The van der Waals surface area contributed by atoms with Gasteiger partial charge in [0.15, 0.2) is 5.58 Å². The number of aliphatic hydroxyl groups is 1. The van der Waals surface area contributed by atoms with Gasteiger partial charge in [0.1, 0.15) is 0 Å². The van der Waals surface area contributed by atoms with Crippen molar-refractivity contribution in [1.29, 1.82) is 0 Å². The molecule has 0 fully saturated rings. The molecule has 20 heavy (non-hydrogen) atoms. The summed E-state index contributed by atoms with van der Waals surface area (Å²) in [5.41, 5.74) is 0.772. The summed E-state index contributed by atoms with van der Waals surface area (Å²) in [5, 5.41) is 9.55. The second-order valence-corrected chi connectivity index (χ2v) is 4.58. The molecule has 0 spiro atoms. The van der Waals surface area contributed by atoms with Crippen molar-refractivity contribution in [1.82, 2.24) is 4.57 Å². The highest BCUT2D eigenvalue weighted by molar-refractivity contribution is 5.73. The van der Waals surface area contributed by atoms with Crippen LogP contribution in [0.25, 0.3) is 11.1 Å². The van der Waals surface area contributed by atoms with Gasteiger partial charge in [-0.25, -0.2) is 4.79 Å². The van der Waals surface area contributed by atoms with Gasteiger partial charge in [-0.1, -0.05) is 13.0 Å². The lowest BCUT2D eigenvalue weighted by Crippen LogP contribution is -2.14. The van der Waals surface area contributed by atoms with Crippen LogP contribution in [0.15, 0.2) is 27.4 Å². The van der Waals surface area contributed by atoms with Gasteiger partial charge in [0, 0.05) is 6.54 Å². The number of nitrogens with zero attached hydrogens (tertiary/aromatic N) is 1. The van der Waals surface area contributed by atoms with Crippen LogP contribution in [0.4, 0.5) is 13.2 Å². The minimum Gasteiger partial charge on any atom is -0.408 e. The highest BCUT2D eigenvalue weighted by atomic mass is 19.4. The fourth-order valence-electron chi connectivity index (χ4n) is 2.06. The molecule has 1 N–H and O–H groups in total. The molecule has 1 unspecified atom stereocenters. The zero-order valence-electron chi connectivity index (χ0n) is 10.8. The Kier molecular flexibility index (Phi) is 3.89. The molecule has 110 valence electrons. The summed E-state index contributed by atoms with van der Waals surface area (Å²) >= 11 is 0. The number of oxazole rings is 1. The molecule has 0 amide bonds. The van der Waals surface area contributed by atoms with Crippen LogP contribution in [-0.2, 0) is 6.54 Å². The Labute approximate surface area is 112 Å². The van der Waals surface area contributed by atoms with Crippen LogP contribution in [0.1, 0.15) is 31.4 Å². The molecule has 1 atom stereocenters. The van der Waals surface area contributed by atoms with Crippen LogP contribution >= 0.6 is 0 Å². The van der Waals surface area contributed by atoms with Crippen molar-refractivity contribution >= 4 is 11.1 Å². The number of halogens is 3. The summed E-state index contributed by atoms with van der Waals surface area (Å²) in [6, 6.07) is 4.14. The normalized spacial score (nSPS) is 13.8. The van der Waals surface area contributed by atoms with E-state index in [1.807, 2.05) is 6.92 Å². The van der Waals surface area contributed by atoms with Gasteiger partial charge < -0.3 is 9.52 Å². The van der Waals surface area contributed by atoms with Gasteiger partial charge >= 0.3 is 11.9 Å². The fraction of sp³-hybridized carbons (Fsp3) is 0.462. The van der Waals surface area contributed by atoms with E-state index < -0.39 is 24.5 Å². The summed E-state index contributed by atoms with van der Waals surface area (Å²) in [4.78, 5) is 11.6. The van der Waals surface area contributed by atoms with Crippen LogP contribution in [0.2, 0.25) is 0 Å². The number of aliphatic hydroxyl groups excluding tert-OH is 1.